The van der Waals surface area contributed by atoms with Gasteiger partial charge in [-0.3, -0.25) is 4.90 Å². The average Bonchev–Trinajstić information content (AvgIpc) is 3.33. The van der Waals surface area contributed by atoms with Gasteiger partial charge in [-0.25, -0.2) is 0 Å². The van der Waals surface area contributed by atoms with Crippen molar-refractivity contribution >= 4 is 11.6 Å². The highest BCUT2D eigenvalue weighted by Crippen LogP contribution is 2.32. The summed E-state index contributed by atoms with van der Waals surface area (Å²) in [5.74, 6) is 0.946. The average molecular weight is 309 g/mol. The van der Waals surface area contributed by atoms with E-state index in [1.807, 2.05) is 18.2 Å². The molecule has 1 aliphatic heterocycles. The summed E-state index contributed by atoms with van der Waals surface area (Å²) in [5, 5.41) is 4.45. The third kappa shape index (κ3) is 4.12. The van der Waals surface area contributed by atoms with E-state index in [0.29, 0.717) is 6.04 Å². The number of hydrogen-bond donors (Lipinski definition) is 1. The summed E-state index contributed by atoms with van der Waals surface area (Å²) in [5.41, 5.74) is 1.20. The Bertz CT molecular complexity index is 470. The minimum absolute atomic E-state index is 0.643. The molecule has 2 aliphatic rings. The first-order valence-corrected chi connectivity index (χ1v) is 8.44. The Balaban J connectivity index is 1.68. The number of halogens is 1. The third-order valence-electron chi connectivity index (χ3n) is 4.55. The van der Waals surface area contributed by atoms with Crippen molar-refractivity contribution in [3.8, 4) is 5.75 Å². The molecule has 1 N–H and O–H groups in total. The predicted octanol–water partition coefficient (Wildman–Crippen LogP) is 3.46. The van der Waals surface area contributed by atoms with Crippen LogP contribution in [0.4, 0.5) is 0 Å². The van der Waals surface area contributed by atoms with Crippen LogP contribution >= 0.6 is 11.6 Å². The number of ether oxygens (including phenoxy) is 1. The van der Waals surface area contributed by atoms with Crippen LogP contribution in [0.5, 0.6) is 5.75 Å². The van der Waals surface area contributed by atoms with Crippen molar-refractivity contribution < 1.29 is 4.74 Å². The second-order valence-electron chi connectivity index (χ2n) is 6.26. The summed E-state index contributed by atoms with van der Waals surface area (Å²) in [6.45, 7) is 3.25. The molecule has 1 atom stereocenters. The van der Waals surface area contributed by atoms with Crippen LogP contribution in [0.3, 0.4) is 0 Å². The second kappa shape index (κ2) is 6.99. The molecule has 1 heterocycles. The molecule has 1 aromatic rings. The Morgan fingerprint density at radius 1 is 1.29 bits per heavy atom. The molecular formula is C17H25ClN2O. The van der Waals surface area contributed by atoms with E-state index in [-0.39, 0.29) is 0 Å². The van der Waals surface area contributed by atoms with E-state index in [4.69, 9.17) is 16.3 Å². The van der Waals surface area contributed by atoms with Crippen molar-refractivity contribution in [2.24, 2.45) is 0 Å². The van der Waals surface area contributed by atoms with Crippen LogP contribution < -0.4 is 10.1 Å². The normalized spacial score (nSPS) is 22.5. The molecule has 1 saturated carbocycles. The lowest BCUT2D eigenvalue weighted by Gasteiger charge is -2.31. The first-order chi connectivity index (χ1) is 10.3. The van der Waals surface area contributed by atoms with Crippen molar-refractivity contribution in [3.05, 3.63) is 28.8 Å². The summed E-state index contributed by atoms with van der Waals surface area (Å²) < 4.78 is 5.49. The number of hydrogen-bond acceptors (Lipinski definition) is 3. The van der Waals surface area contributed by atoms with E-state index in [0.717, 1.165) is 29.9 Å². The van der Waals surface area contributed by atoms with E-state index in [9.17, 15) is 0 Å². The number of benzene rings is 1. The molecule has 3 rings (SSSR count). The Hall–Kier alpha value is -0.770. The van der Waals surface area contributed by atoms with Crippen molar-refractivity contribution in [1.29, 1.82) is 0 Å². The van der Waals surface area contributed by atoms with Crippen molar-refractivity contribution in [2.75, 3.05) is 20.2 Å². The zero-order valence-corrected chi connectivity index (χ0v) is 13.5. The number of nitrogens with one attached hydrogen (secondary N) is 1. The maximum Gasteiger partial charge on any atom is 0.123 e. The Labute approximate surface area is 132 Å². The molecule has 0 spiro atoms. The van der Waals surface area contributed by atoms with Gasteiger partial charge < -0.3 is 10.1 Å². The molecule has 0 bridgehead atoms. The highest BCUT2D eigenvalue weighted by molar-refractivity contribution is 6.30. The third-order valence-corrected chi connectivity index (χ3v) is 4.78. The van der Waals surface area contributed by atoms with Crippen LogP contribution in [0.2, 0.25) is 5.02 Å². The highest BCUT2D eigenvalue weighted by Gasteiger charge is 2.31. The first kappa shape index (κ1) is 15.1. The molecule has 1 saturated heterocycles. The number of piperidine rings is 1. The standard InChI is InChI=1S/C17H25ClN2O/c1-21-17-8-5-14(18)10-13(17)11-20(16-6-7-16)12-15-4-2-3-9-19-15/h5,8,10,15-16,19H,2-4,6-7,9,11-12H2,1H3. The van der Waals surface area contributed by atoms with Gasteiger partial charge in [-0.05, 0) is 50.4 Å². The fourth-order valence-electron chi connectivity index (χ4n) is 3.23. The lowest BCUT2D eigenvalue weighted by Crippen LogP contribution is -2.44. The topological polar surface area (TPSA) is 24.5 Å². The van der Waals surface area contributed by atoms with Gasteiger partial charge in [0, 0.05) is 35.8 Å². The van der Waals surface area contributed by atoms with Gasteiger partial charge in [-0.15, -0.1) is 0 Å². The molecule has 1 aliphatic carbocycles. The Morgan fingerprint density at radius 3 is 2.81 bits per heavy atom. The van der Waals surface area contributed by atoms with Crippen LogP contribution in [0.1, 0.15) is 37.7 Å². The molecular weight excluding hydrogens is 284 g/mol. The minimum Gasteiger partial charge on any atom is -0.496 e. The van der Waals surface area contributed by atoms with Crippen molar-refractivity contribution in [3.63, 3.8) is 0 Å². The van der Waals surface area contributed by atoms with Gasteiger partial charge in [0.1, 0.15) is 5.75 Å². The summed E-state index contributed by atoms with van der Waals surface area (Å²) >= 11 is 6.16. The van der Waals surface area contributed by atoms with Gasteiger partial charge in [-0.1, -0.05) is 18.0 Å². The molecule has 0 radical (unpaired) electrons. The number of methoxy groups -OCH3 is 1. The molecule has 1 aromatic carbocycles. The van der Waals surface area contributed by atoms with E-state index in [1.54, 1.807) is 7.11 Å². The fourth-order valence-corrected chi connectivity index (χ4v) is 3.43. The lowest BCUT2D eigenvalue weighted by molar-refractivity contribution is 0.206. The van der Waals surface area contributed by atoms with Crippen LogP contribution in [0.15, 0.2) is 18.2 Å². The lowest BCUT2D eigenvalue weighted by atomic mass is 10.0. The molecule has 0 aromatic heterocycles. The molecule has 4 heteroatoms. The second-order valence-corrected chi connectivity index (χ2v) is 6.70. The number of nitrogens with zero attached hydrogens (tertiary/aromatic N) is 1. The van der Waals surface area contributed by atoms with Crippen LogP contribution in [0.25, 0.3) is 0 Å². The molecule has 2 fully saturated rings. The maximum absolute atomic E-state index is 6.16. The summed E-state index contributed by atoms with van der Waals surface area (Å²) in [7, 11) is 1.73. The van der Waals surface area contributed by atoms with Gasteiger partial charge in [0.05, 0.1) is 7.11 Å². The minimum atomic E-state index is 0.643. The van der Waals surface area contributed by atoms with Crippen LogP contribution in [-0.2, 0) is 6.54 Å². The van der Waals surface area contributed by atoms with Gasteiger partial charge >= 0.3 is 0 Å². The SMILES string of the molecule is COc1ccc(Cl)cc1CN(CC1CCCCN1)C1CC1. The molecule has 116 valence electrons. The monoisotopic (exact) mass is 308 g/mol. The Kier molecular flexibility index (Phi) is 5.04. The molecule has 0 amide bonds. The quantitative estimate of drug-likeness (QED) is 0.871. The van der Waals surface area contributed by atoms with Gasteiger partial charge in [0.25, 0.3) is 0 Å². The van der Waals surface area contributed by atoms with Gasteiger partial charge in [0.15, 0.2) is 0 Å². The van der Waals surface area contributed by atoms with E-state index < -0.39 is 0 Å². The zero-order valence-electron chi connectivity index (χ0n) is 12.8. The Morgan fingerprint density at radius 2 is 2.14 bits per heavy atom. The smallest absolute Gasteiger partial charge is 0.123 e. The first-order valence-electron chi connectivity index (χ1n) is 8.06. The summed E-state index contributed by atoms with van der Waals surface area (Å²) in [6.07, 6.45) is 6.64. The predicted molar refractivity (Wildman–Crippen MR) is 87.1 cm³/mol. The van der Waals surface area contributed by atoms with Crippen LogP contribution in [0, 0.1) is 0 Å². The van der Waals surface area contributed by atoms with Crippen molar-refractivity contribution in [2.45, 2.75) is 50.7 Å². The molecule has 1 unspecified atom stereocenters. The summed E-state index contributed by atoms with van der Waals surface area (Å²) in [6, 6.07) is 7.31. The largest absolute Gasteiger partial charge is 0.496 e. The molecule has 21 heavy (non-hydrogen) atoms. The van der Waals surface area contributed by atoms with Crippen LogP contribution in [-0.4, -0.2) is 37.2 Å². The van der Waals surface area contributed by atoms with Gasteiger partial charge in [-0.2, -0.15) is 0 Å². The number of rotatable bonds is 6. The van der Waals surface area contributed by atoms with Crippen molar-refractivity contribution in [1.82, 2.24) is 10.2 Å². The van der Waals surface area contributed by atoms with E-state index in [1.165, 1.54) is 44.2 Å². The molecule has 3 nitrogen and oxygen atoms in total. The van der Waals surface area contributed by atoms with E-state index >= 15 is 0 Å². The maximum atomic E-state index is 6.16. The highest BCUT2D eigenvalue weighted by atomic mass is 35.5. The zero-order chi connectivity index (χ0) is 14.7. The van der Waals surface area contributed by atoms with E-state index in [2.05, 4.69) is 10.2 Å². The van der Waals surface area contributed by atoms with Gasteiger partial charge in [0.2, 0.25) is 0 Å². The fraction of sp³-hybridized carbons (Fsp3) is 0.647. The summed E-state index contributed by atoms with van der Waals surface area (Å²) in [4.78, 5) is 2.61.